The molecule has 0 fully saturated rings. The van der Waals surface area contributed by atoms with Gasteiger partial charge in [0.1, 0.15) is 11.5 Å². The maximum absolute atomic E-state index is 12.9. The molecule has 0 aromatic heterocycles. The van der Waals surface area contributed by atoms with Crippen LogP contribution in [0.1, 0.15) is 41.7 Å². The zero-order chi connectivity index (χ0) is 34.2. The number of amides is 2. The van der Waals surface area contributed by atoms with Gasteiger partial charge in [0.2, 0.25) is 0 Å². The van der Waals surface area contributed by atoms with Crippen molar-refractivity contribution in [2.75, 3.05) is 10.6 Å². The number of para-hydroxylation sites is 1. The van der Waals surface area contributed by atoms with Gasteiger partial charge in [0.15, 0.2) is 11.4 Å². The summed E-state index contributed by atoms with van der Waals surface area (Å²) in [7, 11) is 0. The lowest BCUT2D eigenvalue weighted by molar-refractivity contribution is -0.113. The largest absolute Gasteiger partial charge is 0.510 e. The normalized spacial score (nSPS) is 12.6. The molecule has 47 heavy (non-hydrogen) atoms. The summed E-state index contributed by atoms with van der Waals surface area (Å²) in [6.45, 7) is 12.3. The fraction of sp³-hybridized carbons (Fsp3) is 0.189. The second kappa shape index (κ2) is 14.9. The van der Waals surface area contributed by atoms with Crippen molar-refractivity contribution in [2.45, 2.75) is 48.5 Å². The summed E-state index contributed by atoms with van der Waals surface area (Å²) in [5.74, 6) is -1.63. The Morgan fingerprint density at radius 1 is 0.553 bits per heavy atom. The van der Waals surface area contributed by atoms with E-state index in [0.717, 1.165) is 38.9 Å². The third kappa shape index (κ3) is 8.64. The fourth-order valence-electron chi connectivity index (χ4n) is 4.70. The minimum atomic E-state index is -0.566. The van der Waals surface area contributed by atoms with Crippen LogP contribution in [0.3, 0.4) is 0 Å². The first-order valence-corrected chi connectivity index (χ1v) is 14.9. The van der Waals surface area contributed by atoms with Gasteiger partial charge in [-0.25, -0.2) is 0 Å². The smallest absolute Gasteiger partial charge is 0.279 e. The van der Waals surface area contributed by atoms with E-state index in [9.17, 15) is 19.8 Å². The predicted molar refractivity (Wildman–Crippen MR) is 185 cm³/mol. The van der Waals surface area contributed by atoms with Crippen LogP contribution in [0.25, 0.3) is 11.1 Å². The molecule has 0 spiro atoms. The van der Waals surface area contributed by atoms with E-state index in [1.807, 2.05) is 89.2 Å². The van der Waals surface area contributed by atoms with Gasteiger partial charge in [-0.1, -0.05) is 48.0 Å². The number of carbonyl (C=O) groups is 2. The van der Waals surface area contributed by atoms with Gasteiger partial charge in [-0.15, -0.1) is 20.5 Å². The van der Waals surface area contributed by atoms with E-state index in [4.69, 9.17) is 0 Å². The van der Waals surface area contributed by atoms with Crippen LogP contribution >= 0.6 is 0 Å². The van der Waals surface area contributed by atoms with Gasteiger partial charge in [0.25, 0.3) is 11.8 Å². The molecular weight excluding hydrogens is 592 g/mol. The highest BCUT2D eigenvalue weighted by Gasteiger charge is 2.16. The molecule has 0 heterocycles. The van der Waals surface area contributed by atoms with Crippen molar-refractivity contribution in [1.29, 1.82) is 0 Å². The molecule has 4 rings (SSSR count). The van der Waals surface area contributed by atoms with Crippen LogP contribution in [-0.2, 0) is 9.59 Å². The number of anilines is 2. The highest BCUT2D eigenvalue weighted by Crippen LogP contribution is 2.31. The van der Waals surface area contributed by atoms with Gasteiger partial charge in [-0.3, -0.25) is 9.59 Å². The summed E-state index contributed by atoms with van der Waals surface area (Å²) in [5.41, 5.74) is 8.25. The minimum absolute atomic E-state index is 0.184. The molecule has 0 saturated heterocycles. The van der Waals surface area contributed by atoms with E-state index in [-0.39, 0.29) is 22.9 Å². The van der Waals surface area contributed by atoms with Gasteiger partial charge >= 0.3 is 0 Å². The standard InChI is InChI=1S/C37H38N6O4/c1-21-12-15-31(23(3)18-21)39-37(47)35(27(7)45)43-41-33-17-14-29(20-25(33)5)28-13-16-32(24(4)19-28)40-42-34(26(6)44)36(46)38-30-11-9-8-10-22(30)2/h8-20,44-45H,1-7H3,(H,38,46)(H,39,47)/b34-26-,35-27-,42-40?,43-41?. The number of hydrogen-bond acceptors (Lipinski definition) is 8. The number of azo groups is 2. The SMILES string of the molecule is C/C(O)=C(/N=Nc1ccc(-c2ccc(N=N/C(C(=O)Nc3ccc(C)cc3C)=C(/C)O)c(C)c2)cc1C)C(=O)Nc1ccccc1C. The Hall–Kier alpha value is -5.90. The van der Waals surface area contributed by atoms with Crippen molar-refractivity contribution in [3.8, 4) is 11.1 Å². The fourth-order valence-corrected chi connectivity index (χ4v) is 4.70. The van der Waals surface area contributed by atoms with Crippen LogP contribution in [0.5, 0.6) is 0 Å². The quantitative estimate of drug-likeness (QED) is 0.0827. The average molecular weight is 631 g/mol. The molecule has 0 atom stereocenters. The van der Waals surface area contributed by atoms with E-state index in [1.54, 1.807) is 24.3 Å². The third-order valence-electron chi connectivity index (χ3n) is 7.38. The number of nitrogens with one attached hydrogen (secondary N) is 2. The molecule has 0 bridgehead atoms. The maximum Gasteiger partial charge on any atom is 0.279 e. The molecule has 0 aliphatic carbocycles. The van der Waals surface area contributed by atoms with Gasteiger partial charge in [0, 0.05) is 11.4 Å². The van der Waals surface area contributed by atoms with Gasteiger partial charge < -0.3 is 20.8 Å². The Morgan fingerprint density at radius 2 is 1.02 bits per heavy atom. The first-order valence-electron chi connectivity index (χ1n) is 14.9. The Bertz CT molecular complexity index is 1970. The van der Waals surface area contributed by atoms with Gasteiger partial charge in [0.05, 0.1) is 11.4 Å². The molecular formula is C37H38N6O4. The molecule has 4 aromatic carbocycles. The molecule has 0 aliphatic rings. The summed E-state index contributed by atoms with van der Waals surface area (Å²) < 4.78 is 0. The van der Waals surface area contributed by atoms with Crippen molar-refractivity contribution < 1.29 is 19.8 Å². The van der Waals surface area contributed by atoms with Crippen molar-refractivity contribution in [1.82, 2.24) is 0 Å². The first-order chi connectivity index (χ1) is 22.3. The van der Waals surface area contributed by atoms with Gasteiger partial charge in [-0.2, -0.15) is 0 Å². The van der Waals surface area contributed by atoms with Crippen molar-refractivity contribution >= 4 is 34.6 Å². The number of allylic oxidation sites excluding steroid dienone is 2. The molecule has 240 valence electrons. The Morgan fingerprint density at radius 3 is 1.45 bits per heavy atom. The highest BCUT2D eigenvalue weighted by molar-refractivity contribution is 6.04. The summed E-state index contributed by atoms with van der Waals surface area (Å²) in [6.07, 6.45) is 0. The van der Waals surface area contributed by atoms with Crippen LogP contribution in [0, 0.1) is 34.6 Å². The molecule has 2 amide bonds. The van der Waals surface area contributed by atoms with E-state index < -0.39 is 11.8 Å². The second-order valence-corrected chi connectivity index (χ2v) is 11.3. The van der Waals surface area contributed by atoms with Crippen LogP contribution in [0.15, 0.2) is 122 Å². The molecule has 0 saturated carbocycles. The lowest BCUT2D eigenvalue weighted by atomic mass is 10.0. The summed E-state index contributed by atoms with van der Waals surface area (Å²) in [4.78, 5) is 25.7. The Labute approximate surface area is 274 Å². The van der Waals surface area contributed by atoms with E-state index in [1.165, 1.54) is 13.8 Å². The molecule has 10 heteroatoms. The number of rotatable bonds is 9. The van der Waals surface area contributed by atoms with E-state index >= 15 is 0 Å². The molecule has 4 N–H and O–H groups in total. The summed E-state index contributed by atoms with van der Waals surface area (Å²) in [5, 5.41) is 42.5. The molecule has 4 aromatic rings. The Balaban J connectivity index is 1.49. The zero-order valence-electron chi connectivity index (χ0n) is 27.5. The van der Waals surface area contributed by atoms with Crippen molar-refractivity contribution in [3.05, 3.63) is 130 Å². The van der Waals surface area contributed by atoms with Crippen molar-refractivity contribution in [3.63, 3.8) is 0 Å². The number of benzene rings is 4. The summed E-state index contributed by atoms with van der Waals surface area (Å²) in [6, 6.07) is 24.2. The molecule has 0 unspecified atom stereocenters. The zero-order valence-corrected chi connectivity index (χ0v) is 27.5. The predicted octanol–water partition coefficient (Wildman–Crippen LogP) is 9.92. The van der Waals surface area contributed by atoms with Crippen molar-refractivity contribution in [2.24, 2.45) is 20.5 Å². The molecule has 0 radical (unpaired) electrons. The minimum Gasteiger partial charge on any atom is -0.510 e. The lowest BCUT2D eigenvalue weighted by Crippen LogP contribution is -2.15. The molecule has 0 aliphatic heterocycles. The highest BCUT2D eigenvalue weighted by atomic mass is 16.3. The van der Waals surface area contributed by atoms with Crippen LogP contribution < -0.4 is 10.6 Å². The second-order valence-electron chi connectivity index (χ2n) is 11.3. The number of hydrogen-bond donors (Lipinski definition) is 4. The number of aryl methyl sites for hydroxylation is 5. The monoisotopic (exact) mass is 630 g/mol. The number of nitrogens with zero attached hydrogens (tertiary/aromatic N) is 4. The van der Waals surface area contributed by atoms with Gasteiger partial charge in [-0.05, 0) is 118 Å². The Kier molecular flexibility index (Phi) is 10.8. The topological polar surface area (TPSA) is 148 Å². The first kappa shape index (κ1) is 34.0. The van der Waals surface area contributed by atoms with Crippen LogP contribution in [-0.4, -0.2) is 22.0 Å². The number of aliphatic hydroxyl groups excluding tert-OH is 2. The average Bonchev–Trinajstić information content (AvgIpc) is 3.01. The third-order valence-corrected chi connectivity index (χ3v) is 7.38. The van der Waals surface area contributed by atoms with E-state index in [0.29, 0.717) is 22.7 Å². The lowest BCUT2D eigenvalue weighted by Gasteiger charge is -2.10. The number of aliphatic hydroxyl groups is 2. The van der Waals surface area contributed by atoms with Crippen LogP contribution in [0.2, 0.25) is 0 Å². The summed E-state index contributed by atoms with van der Waals surface area (Å²) >= 11 is 0. The molecule has 10 nitrogen and oxygen atoms in total. The maximum atomic E-state index is 12.9. The van der Waals surface area contributed by atoms with E-state index in [2.05, 4.69) is 31.1 Å². The number of carbonyl (C=O) groups excluding carboxylic acids is 2. The van der Waals surface area contributed by atoms with Crippen LogP contribution in [0.4, 0.5) is 22.7 Å².